The molecule has 282 valence electrons. The molecule has 49 heavy (non-hydrogen) atoms. The Bertz CT molecular complexity index is 1070. The van der Waals surface area contributed by atoms with Crippen LogP contribution in [0.1, 0.15) is 116 Å². The van der Waals surface area contributed by atoms with Crippen LogP contribution < -0.4 is 33.6 Å². The van der Waals surface area contributed by atoms with Gasteiger partial charge in [0.2, 0.25) is 6.41 Å². The molecule has 1 aliphatic heterocycles. The molecule has 1 unspecified atom stereocenters. The number of nitrogens with zero attached hydrogens (tertiary/aromatic N) is 1. The van der Waals surface area contributed by atoms with Crippen LogP contribution in [0.3, 0.4) is 0 Å². The van der Waals surface area contributed by atoms with Crippen LogP contribution in [0.2, 0.25) is 0 Å². The topological polar surface area (TPSA) is 167 Å². The van der Waals surface area contributed by atoms with Crippen molar-refractivity contribution in [3.63, 3.8) is 0 Å². The van der Waals surface area contributed by atoms with Crippen LogP contribution in [0.5, 0.6) is 0 Å². The number of rotatable bonds is 5. The summed E-state index contributed by atoms with van der Waals surface area (Å²) in [5, 5.41) is 0. The third-order valence-corrected chi connectivity index (χ3v) is 6.51. The van der Waals surface area contributed by atoms with Crippen molar-refractivity contribution in [1.82, 2.24) is 0 Å². The van der Waals surface area contributed by atoms with E-state index < -0.39 is 0 Å². The van der Waals surface area contributed by atoms with Gasteiger partial charge in [-0.15, -0.1) is 6.58 Å². The summed E-state index contributed by atoms with van der Waals surface area (Å²) in [5.74, 6) is 1.91. The quantitative estimate of drug-likeness (QED) is 0.120. The molecule has 0 spiro atoms. The molecule has 0 radical (unpaired) electrons. The molecule has 2 aliphatic rings. The van der Waals surface area contributed by atoms with Crippen LogP contribution in [-0.4, -0.2) is 44.9 Å². The SMILES string of the molecule is C=C1C(C)[C@@H]1C.C=C1CCCN1c1cc(C(=O)c2ccccc2)cc([C@@H](C)CN)c1.C=CC.CC.CC.CCN.CCN.CCN.NC=O. The predicted octanol–water partition coefficient (Wildman–Crippen LogP) is 8.16. The van der Waals surface area contributed by atoms with E-state index in [-0.39, 0.29) is 18.1 Å². The monoisotopic (exact) mass is 685 g/mol. The van der Waals surface area contributed by atoms with Gasteiger partial charge in [-0.3, -0.25) is 9.59 Å². The molecule has 0 bridgehead atoms. The summed E-state index contributed by atoms with van der Waals surface area (Å²) in [7, 11) is 0. The van der Waals surface area contributed by atoms with E-state index in [1.54, 1.807) is 6.08 Å². The molecule has 1 saturated carbocycles. The number of amides is 1. The number of primary amides is 1. The second-order valence-electron chi connectivity index (χ2n) is 10.4. The minimum Gasteiger partial charge on any atom is -0.372 e. The van der Waals surface area contributed by atoms with E-state index in [4.69, 9.17) is 27.7 Å². The second-order valence-corrected chi connectivity index (χ2v) is 10.4. The zero-order valence-electron chi connectivity index (χ0n) is 33.2. The highest BCUT2D eigenvalue weighted by Gasteiger charge is 2.32. The lowest BCUT2D eigenvalue weighted by Crippen LogP contribution is -2.18. The number of allylic oxidation sites excluding steroid dienone is 3. The van der Waals surface area contributed by atoms with E-state index in [9.17, 15) is 4.79 Å². The molecule has 2 fully saturated rings. The summed E-state index contributed by atoms with van der Waals surface area (Å²) in [6, 6.07) is 15.5. The summed E-state index contributed by atoms with van der Waals surface area (Å²) in [4.78, 5) is 23.7. The van der Waals surface area contributed by atoms with Gasteiger partial charge in [0.25, 0.3) is 0 Å². The fourth-order valence-electron chi connectivity index (χ4n) is 3.80. The average Bonchev–Trinajstić information content (AvgIpc) is 3.41. The van der Waals surface area contributed by atoms with E-state index in [2.05, 4.69) is 57.2 Å². The highest BCUT2D eigenvalue weighted by atomic mass is 16.1. The Hall–Kier alpha value is -3.56. The molecule has 0 aromatic heterocycles. The van der Waals surface area contributed by atoms with Gasteiger partial charge in [-0.05, 0) is 87.5 Å². The summed E-state index contributed by atoms with van der Waals surface area (Å²) in [6.07, 6.45) is 4.12. The van der Waals surface area contributed by atoms with Crippen LogP contribution in [0, 0.1) is 11.8 Å². The van der Waals surface area contributed by atoms with Crippen LogP contribution in [0.15, 0.2) is 85.6 Å². The third-order valence-electron chi connectivity index (χ3n) is 6.51. The van der Waals surface area contributed by atoms with Gasteiger partial charge in [-0.2, -0.15) is 0 Å². The standard InChI is InChI=1S/C21H24N2O.C6H10.C3H6.3C2H7N.2C2H6.CH3NO/c1-15(14-22)18-11-19(21(24)17-8-4-3-5-9-17)13-20(12-18)23-10-6-7-16(23)2;1-4-5(2)6(4)3;1-3-2;3*1-2-3;2*1-2;2-1-3/h3-5,8-9,11-13,15H,2,6-7,10,14,22H2,1H3;5-6H,1H2,2-3H3;3H,1H2,2H3;3*2-3H2,1H3;2*1-2H3;1H,(H2,2,3)/t15-;5-,6?;;;;;;;/m01......./s1. The molecule has 1 heterocycles. The van der Waals surface area contributed by atoms with Crippen molar-refractivity contribution < 1.29 is 9.59 Å². The molecule has 2 aromatic rings. The molecule has 3 atom stereocenters. The van der Waals surface area contributed by atoms with Gasteiger partial charge in [0, 0.05) is 29.1 Å². The maximum Gasteiger partial charge on any atom is 0.204 e. The Morgan fingerprint density at radius 2 is 1.27 bits per heavy atom. The van der Waals surface area contributed by atoms with Gasteiger partial charge in [0.15, 0.2) is 5.78 Å². The van der Waals surface area contributed by atoms with E-state index in [1.165, 1.54) is 5.57 Å². The predicted molar refractivity (Wildman–Crippen MR) is 220 cm³/mol. The molecular formula is C41H76N6O2. The fourth-order valence-corrected chi connectivity index (χ4v) is 3.80. The third kappa shape index (κ3) is 27.0. The Morgan fingerprint density at radius 3 is 1.57 bits per heavy atom. The molecule has 2 aromatic carbocycles. The van der Waals surface area contributed by atoms with Gasteiger partial charge in [-0.1, -0.05) is 124 Å². The zero-order chi connectivity index (χ0) is 39.4. The second kappa shape index (κ2) is 38.9. The Balaban J connectivity index is -0.000000211. The molecular weight excluding hydrogens is 608 g/mol. The van der Waals surface area contributed by atoms with Crippen LogP contribution in [0.25, 0.3) is 0 Å². The number of carbonyl (C=O) groups excluding carboxylic acids is 2. The molecule has 8 heteroatoms. The highest BCUT2D eigenvalue weighted by Crippen LogP contribution is 2.42. The first-order valence-corrected chi connectivity index (χ1v) is 17.8. The van der Waals surface area contributed by atoms with Crippen molar-refractivity contribution in [2.45, 2.75) is 94.9 Å². The maximum atomic E-state index is 12.9. The number of ketones is 1. The molecule has 10 N–H and O–H groups in total. The average molecular weight is 685 g/mol. The molecule has 1 aliphatic carbocycles. The highest BCUT2D eigenvalue weighted by molar-refractivity contribution is 6.09. The Morgan fingerprint density at radius 1 is 0.878 bits per heavy atom. The minimum atomic E-state index is 0.0488. The van der Waals surface area contributed by atoms with E-state index >= 15 is 0 Å². The van der Waals surface area contributed by atoms with Gasteiger partial charge >= 0.3 is 0 Å². The number of hydrogen-bond acceptors (Lipinski definition) is 7. The fraction of sp³-hybridized carbons (Fsp3) is 0.512. The number of hydrogen-bond donors (Lipinski definition) is 5. The first kappa shape index (κ1) is 54.9. The van der Waals surface area contributed by atoms with Gasteiger partial charge in [-0.25, -0.2) is 0 Å². The lowest BCUT2D eigenvalue weighted by molar-refractivity contribution is -0.106. The minimum absolute atomic E-state index is 0.0488. The molecule has 4 rings (SSSR count). The van der Waals surface area contributed by atoms with Crippen molar-refractivity contribution in [3.05, 3.63) is 102 Å². The number of anilines is 1. The van der Waals surface area contributed by atoms with E-state index in [0.717, 1.165) is 67.8 Å². The van der Waals surface area contributed by atoms with Crippen LogP contribution >= 0.6 is 0 Å². The maximum absolute atomic E-state index is 12.9. The van der Waals surface area contributed by atoms with E-state index in [0.29, 0.717) is 17.7 Å². The van der Waals surface area contributed by atoms with Crippen molar-refractivity contribution in [2.24, 2.45) is 40.5 Å². The lowest BCUT2D eigenvalue weighted by atomic mass is 9.94. The van der Waals surface area contributed by atoms with Crippen molar-refractivity contribution in [1.29, 1.82) is 0 Å². The normalized spacial score (nSPS) is 14.8. The van der Waals surface area contributed by atoms with Crippen molar-refractivity contribution >= 4 is 17.9 Å². The lowest BCUT2D eigenvalue weighted by Gasteiger charge is -2.22. The Kier molecular flexibility index (Phi) is 43.5. The molecule has 1 saturated heterocycles. The van der Waals surface area contributed by atoms with Crippen LogP contribution in [-0.2, 0) is 4.79 Å². The first-order valence-electron chi connectivity index (χ1n) is 17.8. The smallest absolute Gasteiger partial charge is 0.204 e. The zero-order valence-corrected chi connectivity index (χ0v) is 33.2. The number of benzene rings is 2. The van der Waals surface area contributed by atoms with Crippen molar-refractivity contribution in [3.8, 4) is 0 Å². The summed E-state index contributed by atoms with van der Waals surface area (Å²) in [6.45, 7) is 37.2. The Labute approximate surface area is 302 Å². The number of nitrogens with two attached hydrogens (primary N) is 5. The summed E-state index contributed by atoms with van der Waals surface area (Å²) < 4.78 is 0. The molecule has 1 amide bonds. The van der Waals surface area contributed by atoms with Gasteiger partial charge in [0.1, 0.15) is 0 Å². The number of carbonyl (C=O) groups is 2. The van der Waals surface area contributed by atoms with Gasteiger partial charge < -0.3 is 33.6 Å². The van der Waals surface area contributed by atoms with Gasteiger partial charge in [0.05, 0.1) is 0 Å². The van der Waals surface area contributed by atoms with Crippen molar-refractivity contribution in [2.75, 3.05) is 37.6 Å². The largest absolute Gasteiger partial charge is 0.372 e. The molecule has 8 nitrogen and oxygen atoms in total. The van der Waals surface area contributed by atoms with Crippen LogP contribution in [0.4, 0.5) is 5.69 Å². The summed E-state index contributed by atoms with van der Waals surface area (Å²) in [5.41, 5.74) is 30.7. The first-order chi connectivity index (χ1) is 23.4. The summed E-state index contributed by atoms with van der Waals surface area (Å²) >= 11 is 0. The van der Waals surface area contributed by atoms with E-state index in [1.807, 2.05) is 97.9 Å².